The molecule has 1 aliphatic rings. The van der Waals surface area contributed by atoms with Gasteiger partial charge in [0, 0.05) is 37.0 Å². The number of hydrogen-bond acceptors (Lipinski definition) is 8. The zero-order valence-corrected chi connectivity index (χ0v) is 27.0. The number of nitrogens with one attached hydrogen (secondary N) is 2. The van der Waals surface area contributed by atoms with E-state index in [2.05, 4.69) is 25.5 Å². The number of ether oxygens (including phenoxy) is 1. The van der Waals surface area contributed by atoms with Gasteiger partial charge in [-0.25, -0.2) is 9.97 Å². The first-order valence-corrected chi connectivity index (χ1v) is 15.4. The summed E-state index contributed by atoms with van der Waals surface area (Å²) in [6, 6.07) is 3.97. The Balaban J connectivity index is 0.00000102. The molecule has 4 aromatic rings. The van der Waals surface area contributed by atoms with Crippen molar-refractivity contribution in [3.05, 3.63) is 35.1 Å². The number of fused-ring (bicyclic) bond motifs is 4. The summed E-state index contributed by atoms with van der Waals surface area (Å²) in [5.41, 5.74) is 8.80. The fraction of sp³-hybridized carbons (Fsp3) is 0.533. The standard InChI is InChI=1S/C19H20N6OS.C3H7NO.4C2H6/c20-5-6-26-15-8-13-11(9-23-25-13)7-14(15)24-18-17-12-3-1-2-4-16(12)27-19(17)22-10-21-18;1-4(2)3-5;4*1-2/h7-10H,1-6,20H2,(H,23,25)(H,21,22,24);3H,1-2H3;4*1-2H3. The number of thiophene rings is 1. The average Bonchev–Trinajstić information content (AvgIpc) is 3.64. The van der Waals surface area contributed by atoms with Crippen molar-refractivity contribution in [2.45, 2.75) is 81.1 Å². The van der Waals surface area contributed by atoms with Gasteiger partial charge in [0.05, 0.1) is 22.8 Å². The lowest BCUT2D eigenvalue weighted by Gasteiger charge is -2.15. The fourth-order valence-corrected chi connectivity index (χ4v) is 4.90. The van der Waals surface area contributed by atoms with Crippen molar-refractivity contribution in [3.8, 4) is 5.75 Å². The number of aromatic amines is 1. The van der Waals surface area contributed by atoms with Crippen LogP contribution in [-0.4, -0.2) is 58.7 Å². The predicted octanol–water partition coefficient (Wildman–Crippen LogP) is 7.34. The highest BCUT2D eigenvalue weighted by Crippen LogP contribution is 2.40. The van der Waals surface area contributed by atoms with Gasteiger partial charge in [0.15, 0.2) is 0 Å². The summed E-state index contributed by atoms with van der Waals surface area (Å²) in [6.45, 7) is 16.9. The van der Waals surface area contributed by atoms with Crippen molar-refractivity contribution in [1.29, 1.82) is 0 Å². The molecule has 40 heavy (non-hydrogen) atoms. The summed E-state index contributed by atoms with van der Waals surface area (Å²) in [5.74, 6) is 1.56. The number of aromatic nitrogens is 4. The molecule has 0 atom stereocenters. The molecule has 1 aliphatic carbocycles. The highest BCUT2D eigenvalue weighted by molar-refractivity contribution is 7.19. The second-order valence-corrected chi connectivity index (χ2v) is 8.83. The minimum atomic E-state index is 0.446. The highest BCUT2D eigenvalue weighted by atomic mass is 32.1. The molecule has 3 heterocycles. The smallest absolute Gasteiger partial charge is 0.209 e. The van der Waals surface area contributed by atoms with Crippen molar-refractivity contribution in [2.75, 3.05) is 32.6 Å². The number of benzene rings is 1. The Bertz CT molecular complexity index is 1220. The highest BCUT2D eigenvalue weighted by Gasteiger charge is 2.20. The van der Waals surface area contributed by atoms with Gasteiger partial charge in [-0.2, -0.15) is 5.10 Å². The minimum absolute atomic E-state index is 0.446. The first-order chi connectivity index (χ1) is 19.6. The summed E-state index contributed by atoms with van der Waals surface area (Å²) in [4.78, 5) is 22.4. The van der Waals surface area contributed by atoms with Crippen LogP contribution in [-0.2, 0) is 17.6 Å². The zero-order valence-electron chi connectivity index (χ0n) is 26.2. The molecular formula is C30H51N7O2S. The zero-order chi connectivity index (χ0) is 30.5. The molecule has 3 aromatic heterocycles. The lowest BCUT2D eigenvalue weighted by atomic mass is 9.97. The monoisotopic (exact) mass is 573 g/mol. The van der Waals surface area contributed by atoms with Crippen LogP contribution in [0, 0.1) is 0 Å². The van der Waals surface area contributed by atoms with Crippen LogP contribution in [0.3, 0.4) is 0 Å². The number of amides is 1. The van der Waals surface area contributed by atoms with Gasteiger partial charge in [-0.05, 0) is 37.3 Å². The van der Waals surface area contributed by atoms with E-state index in [1.165, 1.54) is 28.2 Å². The van der Waals surface area contributed by atoms with E-state index in [4.69, 9.17) is 10.5 Å². The first kappa shape index (κ1) is 36.8. The Morgan fingerprint density at radius 3 is 2.33 bits per heavy atom. The Labute approximate surface area is 244 Å². The Morgan fingerprint density at radius 2 is 1.70 bits per heavy atom. The lowest BCUT2D eigenvalue weighted by molar-refractivity contribution is -0.115. The number of H-pyrrole nitrogens is 1. The molecule has 5 rings (SSSR count). The normalized spacial score (nSPS) is 10.8. The molecule has 0 saturated heterocycles. The molecule has 10 heteroatoms. The average molecular weight is 574 g/mol. The van der Waals surface area contributed by atoms with E-state index in [0.717, 1.165) is 57.6 Å². The number of anilines is 2. The molecule has 9 nitrogen and oxygen atoms in total. The summed E-state index contributed by atoms with van der Waals surface area (Å²) in [5, 5.41) is 12.7. The maximum atomic E-state index is 9.43. The fourth-order valence-electron chi connectivity index (χ4n) is 3.67. The van der Waals surface area contributed by atoms with E-state index < -0.39 is 0 Å². The Kier molecular flexibility index (Phi) is 19.8. The van der Waals surface area contributed by atoms with Crippen LogP contribution in [0.2, 0.25) is 0 Å². The van der Waals surface area contributed by atoms with Crippen LogP contribution >= 0.6 is 11.3 Å². The topological polar surface area (TPSA) is 122 Å². The minimum Gasteiger partial charge on any atom is -0.490 e. The number of carbonyl (C=O) groups excluding carboxylic acids is 1. The van der Waals surface area contributed by atoms with Crippen LogP contribution in [0.15, 0.2) is 24.7 Å². The summed E-state index contributed by atoms with van der Waals surface area (Å²) >= 11 is 1.79. The summed E-state index contributed by atoms with van der Waals surface area (Å²) < 4.78 is 5.87. The molecule has 1 aromatic carbocycles. The van der Waals surface area contributed by atoms with E-state index in [9.17, 15) is 4.79 Å². The van der Waals surface area contributed by atoms with Gasteiger partial charge in [0.1, 0.15) is 29.3 Å². The van der Waals surface area contributed by atoms with Crippen molar-refractivity contribution < 1.29 is 9.53 Å². The van der Waals surface area contributed by atoms with Gasteiger partial charge < -0.3 is 20.7 Å². The first-order valence-electron chi connectivity index (χ1n) is 14.5. The third-order valence-corrected chi connectivity index (χ3v) is 6.33. The van der Waals surface area contributed by atoms with E-state index in [1.807, 2.05) is 67.5 Å². The number of rotatable bonds is 6. The maximum Gasteiger partial charge on any atom is 0.209 e. The van der Waals surface area contributed by atoms with Crippen molar-refractivity contribution in [1.82, 2.24) is 25.1 Å². The number of carbonyl (C=O) groups is 1. The second kappa shape index (κ2) is 21.6. The van der Waals surface area contributed by atoms with E-state index in [0.29, 0.717) is 13.2 Å². The van der Waals surface area contributed by atoms with E-state index >= 15 is 0 Å². The second-order valence-electron chi connectivity index (χ2n) is 7.75. The van der Waals surface area contributed by atoms with Crippen molar-refractivity contribution in [2.24, 2.45) is 5.73 Å². The lowest BCUT2D eigenvalue weighted by Crippen LogP contribution is -2.11. The molecule has 224 valence electrons. The van der Waals surface area contributed by atoms with Crippen LogP contribution in [0.5, 0.6) is 5.75 Å². The molecular weight excluding hydrogens is 522 g/mol. The predicted molar refractivity (Wildman–Crippen MR) is 173 cm³/mol. The van der Waals surface area contributed by atoms with Gasteiger partial charge in [0.2, 0.25) is 6.41 Å². The molecule has 0 bridgehead atoms. The molecule has 0 spiro atoms. The van der Waals surface area contributed by atoms with Crippen LogP contribution in [0.1, 0.15) is 78.7 Å². The van der Waals surface area contributed by atoms with Gasteiger partial charge in [-0.1, -0.05) is 55.4 Å². The van der Waals surface area contributed by atoms with Crippen LogP contribution < -0.4 is 15.8 Å². The number of aryl methyl sites for hydroxylation is 2. The van der Waals surface area contributed by atoms with Gasteiger partial charge >= 0.3 is 0 Å². The summed E-state index contributed by atoms with van der Waals surface area (Å²) in [6.07, 6.45) is 8.89. The van der Waals surface area contributed by atoms with Gasteiger partial charge in [-0.3, -0.25) is 9.89 Å². The van der Waals surface area contributed by atoms with Crippen molar-refractivity contribution in [3.63, 3.8) is 0 Å². The SMILES string of the molecule is CC.CC.CC.CC.CN(C)C=O.NCCOc1cc2[nH]ncc2cc1Nc1ncnc2sc3c(c12)CCCC3. The molecule has 0 unspecified atom stereocenters. The van der Waals surface area contributed by atoms with Crippen LogP contribution in [0.25, 0.3) is 21.1 Å². The molecule has 0 saturated carbocycles. The quantitative estimate of drug-likeness (QED) is 0.206. The molecule has 4 N–H and O–H groups in total. The Morgan fingerprint density at radius 1 is 1.05 bits per heavy atom. The number of nitrogens with two attached hydrogens (primary N) is 1. The molecule has 0 aliphatic heterocycles. The van der Waals surface area contributed by atoms with Crippen LogP contribution in [0.4, 0.5) is 11.5 Å². The third kappa shape index (κ3) is 10.4. The van der Waals surface area contributed by atoms with E-state index in [1.54, 1.807) is 38.0 Å². The molecule has 0 fully saturated rings. The summed E-state index contributed by atoms with van der Waals surface area (Å²) in [7, 11) is 3.38. The molecule has 0 radical (unpaired) electrons. The molecule has 1 amide bonds. The Hall–Kier alpha value is -3.24. The van der Waals surface area contributed by atoms with Gasteiger partial charge in [0.25, 0.3) is 0 Å². The number of nitrogens with zero attached hydrogens (tertiary/aromatic N) is 4. The number of hydrogen-bond donors (Lipinski definition) is 3. The largest absolute Gasteiger partial charge is 0.490 e. The third-order valence-electron chi connectivity index (χ3n) is 5.13. The van der Waals surface area contributed by atoms with Gasteiger partial charge in [-0.15, -0.1) is 11.3 Å². The maximum absolute atomic E-state index is 9.43. The van der Waals surface area contributed by atoms with E-state index in [-0.39, 0.29) is 0 Å². The van der Waals surface area contributed by atoms with Crippen molar-refractivity contribution >= 4 is 50.4 Å².